The Hall–Kier alpha value is -3.67. The van der Waals surface area contributed by atoms with E-state index in [1.165, 1.54) is 5.56 Å². The Bertz CT molecular complexity index is 1100. The van der Waals surface area contributed by atoms with Crippen molar-refractivity contribution in [1.82, 2.24) is 24.9 Å². The Morgan fingerprint density at radius 3 is 2.57 bits per heavy atom. The van der Waals surface area contributed by atoms with Crippen LogP contribution in [0.15, 0.2) is 79.4 Å². The van der Waals surface area contributed by atoms with Gasteiger partial charge in [-0.2, -0.15) is 10.2 Å². The Labute approximate surface area is 176 Å². The van der Waals surface area contributed by atoms with Crippen molar-refractivity contribution >= 4 is 5.91 Å². The Balaban J connectivity index is 1.39. The van der Waals surface area contributed by atoms with Crippen LogP contribution in [-0.4, -0.2) is 32.0 Å². The second kappa shape index (κ2) is 9.22. The van der Waals surface area contributed by atoms with Crippen molar-refractivity contribution in [3.8, 4) is 11.1 Å². The highest BCUT2D eigenvalue weighted by molar-refractivity contribution is 6.00. The van der Waals surface area contributed by atoms with Gasteiger partial charge in [0.1, 0.15) is 0 Å². The number of carbonyl (C=O) groups is 1. The summed E-state index contributed by atoms with van der Waals surface area (Å²) in [5.74, 6) is -0.0529. The number of nitrogens with one attached hydrogen (secondary N) is 1. The van der Waals surface area contributed by atoms with E-state index in [4.69, 9.17) is 0 Å². The van der Waals surface area contributed by atoms with E-state index in [1.807, 2.05) is 65.2 Å². The molecule has 0 radical (unpaired) electrons. The highest BCUT2D eigenvalue weighted by Gasteiger charge is 2.12. The molecule has 0 bridgehead atoms. The van der Waals surface area contributed by atoms with Crippen LogP contribution < -0.4 is 5.32 Å². The van der Waals surface area contributed by atoms with E-state index in [0.29, 0.717) is 12.1 Å². The summed E-state index contributed by atoms with van der Waals surface area (Å²) in [6.45, 7) is 4.14. The quantitative estimate of drug-likeness (QED) is 0.457. The van der Waals surface area contributed by atoms with Gasteiger partial charge in [-0.3, -0.25) is 14.2 Å². The minimum atomic E-state index is -0.0529. The molecular weight excluding hydrogens is 374 g/mol. The maximum absolute atomic E-state index is 12.8. The second-order valence-corrected chi connectivity index (χ2v) is 7.34. The van der Waals surface area contributed by atoms with Crippen molar-refractivity contribution in [1.29, 1.82) is 0 Å². The number of aryl methyl sites for hydroxylation is 2. The highest BCUT2D eigenvalue weighted by atomic mass is 16.1. The fourth-order valence-electron chi connectivity index (χ4n) is 3.43. The molecule has 152 valence electrons. The van der Waals surface area contributed by atoms with Gasteiger partial charge in [0, 0.05) is 37.2 Å². The zero-order chi connectivity index (χ0) is 20.8. The molecule has 30 heavy (non-hydrogen) atoms. The van der Waals surface area contributed by atoms with Gasteiger partial charge in [-0.1, -0.05) is 42.5 Å². The third-order valence-corrected chi connectivity index (χ3v) is 4.95. The zero-order valence-corrected chi connectivity index (χ0v) is 17.0. The monoisotopic (exact) mass is 399 g/mol. The summed E-state index contributed by atoms with van der Waals surface area (Å²) in [5.41, 5.74) is 4.95. The number of carbonyl (C=O) groups excluding carboxylic acids is 1. The van der Waals surface area contributed by atoms with Crippen LogP contribution in [0.1, 0.15) is 27.9 Å². The van der Waals surface area contributed by atoms with Gasteiger partial charge in [0.2, 0.25) is 0 Å². The molecule has 1 amide bonds. The van der Waals surface area contributed by atoms with Crippen LogP contribution >= 0.6 is 0 Å². The molecule has 0 aliphatic carbocycles. The average Bonchev–Trinajstić information content (AvgIpc) is 3.43. The molecule has 0 aliphatic rings. The molecule has 0 saturated heterocycles. The normalized spacial score (nSPS) is 10.8. The van der Waals surface area contributed by atoms with Crippen molar-refractivity contribution in [2.24, 2.45) is 0 Å². The molecule has 2 aromatic heterocycles. The minimum Gasteiger partial charge on any atom is -0.352 e. The number of hydrogen-bond acceptors (Lipinski definition) is 3. The standard InChI is InChI=1S/C24H25N5O/c1-19-16-27-28(17-19)14-4-12-25-24(30)23-7-3-2-6-22(23)21-10-8-20(9-11-21)18-29-15-5-13-26-29/h2-3,5-11,13,15-17H,4,12,14,18H2,1H3,(H,25,30). The van der Waals surface area contributed by atoms with E-state index in [0.717, 1.165) is 36.2 Å². The SMILES string of the molecule is Cc1cnn(CCCNC(=O)c2ccccc2-c2ccc(Cn3cccn3)cc2)c1. The molecule has 0 aliphatic heterocycles. The van der Waals surface area contributed by atoms with E-state index < -0.39 is 0 Å². The molecule has 0 saturated carbocycles. The molecule has 2 aromatic carbocycles. The fourth-order valence-corrected chi connectivity index (χ4v) is 3.43. The zero-order valence-electron chi connectivity index (χ0n) is 17.0. The Kier molecular flexibility index (Phi) is 6.03. The number of nitrogens with zero attached hydrogens (tertiary/aromatic N) is 4. The van der Waals surface area contributed by atoms with Crippen LogP contribution in [0.4, 0.5) is 0 Å². The summed E-state index contributed by atoms with van der Waals surface area (Å²) < 4.78 is 3.79. The van der Waals surface area contributed by atoms with E-state index in [9.17, 15) is 4.79 Å². The summed E-state index contributed by atoms with van der Waals surface area (Å²) in [4.78, 5) is 12.8. The molecule has 2 heterocycles. The lowest BCUT2D eigenvalue weighted by Crippen LogP contribution is -2.25. The maximum atomic E-state index is 12.8. The molecule has 0 unspecified atom stereocenters. The van der Waals surface area contributed by atoms with Crippen molar-refractivity contribution < 1.29 is 4.79 Å². The predicted molar refractivity (Wildman–Crippen MR) is 117 cm³/mol. The van der Waals surface area contributed by atoms with Gasteiger partial charge in [0.15, 0.2) is 0 Å². The molecule has 1 N–H and O–H groups in total. The number of aromatic nitrogens is 4. The molecule has 6 heteroatoms. The van der Waals surface area contributed by atoms with Gasteiger partial charge in [0.05, 0.1) is 12.7 Å². The third-order valence-electron chi connectivity index (χ3n) is 4.95. The topological polar surface area (TPSA) is 64.7 Å². The summed E-state index contributed by atoms with van der Waals surface area (Å²) in [5, 5.41) is 11.6. The highest BCUT2D eigenvalue weighted by Crippen LogP contribution is 2.24. The van der Waals surface area contributed by atoms with Gasteiger partial charge in [-0.05, 0) is 47.7 Å². The predicted octanol–water partition coefficient (Wildman–Crippen LogP) is 3.92. The number of amides is 1. The molecule has 6 nitrogen and oxygen atoms in total. The smallest absolute Gasteiger partial charge is 0.251 e. The van der Waals surface area contributed by atoms with Gasteiger partial charge >= 0.3 is 0 Å². The van der Waals surface area contributed by atoms with Crippen LogP contribution in [-0.2, 0) is 13.1 Å². The Morgan fingerprint density at radius 2 is 1.83 bits per heavy atom. The first-order valence-corrected chi connectivity index (χ1v) is 10.1. The van der Waals surface area contributed by atoms with Crippen LogP contribution in [0.2, 0.25) is 0 Å². The molecule has 0 fully saturated rings. The van der Waals surface area contributed by atoms with Gasteiger partial charge < -0.3 is 5.32 Å². The summed E-state index contributed by atoms with van der Waals surface area (Å²) in [7, 11) is 0. The molecule has 4 rings (SSSR count). The van der Waals surface area contributed by atoms with Gasteiger partial charge in [-0.15, -0.1) is 0 Å². The van der Waals surface area contributed by atoms with Gasteiger partial charge in [0.25, 0.3) is 5.91 Å². The molecular formula is C24H25N5O. The fraction of sp³-hybridized carbons (Fsp3) is 0.208. The van der Waals surface area contributed by atoms with E-state index in [-0.39, 0.29) is 5.91 Å². The third kappa shape index (κ3) is 4.84. The van der Waals surface area contributed by atoms with Crippen molar-refractivity contribution in [2.75, 3.05) is 6.54 Å². The number of hydrogen-bond donors (Lipinski definition) is 1. The lowest BCUT2D eigenvalue weighted by atomic mass is 9.98. The lowest BCUT2D eigenvalue weighted by molar-refractivity contribution is 0.0953. The summed E-state index contributed by atoms with van der Waals surface area (Å²) in [6.07, 6.45) is 8.40. The van der Waals surface area contributed by atoms with Crippen molar-refractivity contribution in [3.63, 3.8) is 0 Å². The maximum Gasteiger partial charge on any atom is 0.251 e. The van der Waals surface area contributed by atoms with Crippen molar-refractivity contribution in [3.05, 3.63) is 96.1 Å². The summed E-state index contributed by atoms with van der Waals surface area (Å²) >= 11 is 0. The molecule has 0 atom stereocenters. The number of rotatable bonds is 8. The van der Waals surface area contributed by atoms with Crippen molar-refractivity contribution in [2.45, 2.75) is 26.4 Å². The first-order valence-electron chi connectivity index (χ1n) is 10.1. The molecule has 0 spiro atoms. The van der Waals surface area contributed by atoms with Crippen LogP contribution in [0.25, 0.3) is 11.1 Å². The second-order valence-electron chi connectivity index (χ2n) is 7.34. The first kappa shape index (κ1) is 19.6. The van der Waals surface area contributed by atoms with Crippen LogP contribution in [0.3, 0.4) is 0 Å². The Morgan fingerprint density at radius 1 is 1.00 bits per heavy atom. The average molecular weight is 399 g/mol. The van der Waals surface area contributed by atoms with Crippen LogP contribution in [0, 0.1) is 6.92 Å². The first-order chi connectivity index (χ1) is 14.7. The summed E-state index contributed by atoms with van der Waals surface area (Å²) in [6, 6.07) is 17.9. The largest absolute Gasteiger partial charge is 0.352 e. The van der Waals surface area contributed by atoms with Gasteiger partial charge in [-0.25, -0.2) is 0 Å². The lowest BCUT2D eigenvalue weighted by Gasteiger charge is -2.11. The van der Waals surface area contributed by atoms with E-state index in [2.05, 4.69) is 39.8 Å². The molecule has 4 aromatic rings. The number of benzene rings is 2. The van der Waals surface area contributed by atoms with E-state index in [1.54, 1.807) is 6.20 Å². The van der Waals surface area contributed by atoms with E-state index >= 15 is 0 Å². The van der Waals surface area contributed by atoms with Crippen LogP contribution in [0.5, 0.6) is 0 Å². The minimum absolute atomic E-state index is 0.0529.